The molecule has 4 rings (SSSR count). The summed E-state index contributed by atoms with van der Waals surface area (Å²) >= 11 is 7.84. The van der Waals surface area contributed by atoms with Gasteiger partial charge in [0, 0.05) is 42.5 Å². The van der Waals surface area contributed by atoms with Crippen molar-refractivity contribution in [2.45, 2.75) is 30.3 Å². The van der Waals surface area contributed by atoms with Crippen molar-refractivity contribution < 1.29 is 0 Å². The number of rotatable bonds is 5. The number of aromatic nitrogens is 1. The van der Waals surface area contributed by atoms with Crippen molar-refractivity contribution >= 4 is 23.4 Å². The molecule has 3 nitrogen and oxygen atoms in total. The first-order chi connectivity index (χ1) is 13.7. The topological polar surface area (TPSA) is 39.9 Å². The van der Waals surface area contributed by atoms with Gasteiger partial charge in [0.2, 0.25) is 0 Å². The average molecular weight is 406 g/mol. The minimum absolute atomic E-state index is 0.650. The van der Waals surface area contributed by atoms with Crippen molar-refractivity contribution in [2.24, 2.45) is 0 Å². The SMILES string of the molecule is N#Cc1cc2c(nc1SCc1ccccc1Cl)CCN(Cc1ccccc1)C2. The molecule has 0 spiro atoms. The predicted octanol–water partition coefficient (Wildman–Crippen LogP) is 5.46. The van der Waals surface area contributed by atoms with E-state index in [-0.39, 0.29) is 0 Å². The maximum Gasteiger partial charge on any atom is 0.114 e. The number of nitriles is 1. The smallest absolute Gasteiger partial charge is 0.114 e. The molecule has 0 saturated carbocycles. The molecular formula is C23H20ClN3S. The summed E-state index contributed by atoms with van der Waals surface area (Å²) in [7, 11) is 0. The van der Waals surface area contributed by atoms with Crippen LogP contribution in [0.2, 0.25) is 5.02 Å². The summed E-state index contributed by atoms with van der Waals surface area (Å²) in [6.07, 6.45) is 0.910. The summed E-state index contributed by atoms with van der Waals surface area (Å²) in [4.78, 5) is 7.25. The Hall–Kier alpha value is -2.32. The van der Waals surface area contributed by atoms with Crippen LogP contribution in [-0.4, -0.2) is 16.4 Å². The van der Waals surface area contributed by atoms with Crippen LogP contribution in [0.3, 0.4) is 0 Å². The molecule has 28 heavy (non-hydrogen) atoms. The highest BCUT2D eigenvalue weighted by Gasteiger charge is 2.20. The van der Waals surface area contributed by atoms with Crippen molar-refractivity contribution in [3.63, 3.8) is 0 Å². The van der Waals surface area contributed by atoms with Gasteiger partial charge in [0.1, 0.15) is 11.1 Å². The molecule has 0 amide bonds. The second-order valence-electron chi connectivity index (χ2n) is 6.89. The third-order valence-electron chi connectivity index (χ3n) is 4.91. The van der Waals surface area contributed by atoms with Crippen LogP contribution in [0.15, 0.2) is 65.7 Å². The standard InChI is InChI=1S/C23H20ClN3S/c24-21-9-5-4-8-18(21)16-28-23-19(13-25)12-20-15-27(11-10-22(20)26-23)14-17-6-2-1-3-7-17/h1-9,12H,10-11,14-16H2. The van der Waals surface area contributed by atoms with Crippen LogP contribution < -0.4 is 0 Å². The number of benzene rings is 2. The number of pyridine rings is 1. The predicted molar refractivity (Wildman–Crippen MR) is 114 cm³/mol. The van der Waals surface area contributed by atoms with Gasteiger partial charge >= 0.3 is 0 Å². The lowest BCUT2D eigenvalue weighted by molar-refractivity contribution is 0.243. The number of hydrogen-bond donors (Lipinski definition) is 0. The minimum atomic E-state index is 0.650. The molecule has 2 aromatic carbocycles. The molecule has 0 atom stereocenters. The molecular weight excluding hydrogens is 386 g/mol. The van der Waals surface area contributed by atoms with Gasteiger partial charge in [0.05, 0.1) is 5.56 Å². The number of nitrogens with zero attached hydrogens (tertiary/aromatic N) is 3. The van der Waals surface area contributed by atoms with Crippen LogP contribution >= 0.6 is 23.4 Å². The molecule has 1 aliphatic heterocycles. The van der Waals surface area contributed by atoms with E-state index in [2.05, 4.69) is 35.2 Å². The second kappa shape index (κ2) is 8.79. The summed E-state index contributed by atoms with van der Waals surface area (Å²) in [5, 5.41) is 11.2. The number of hydrogen-bond acceptors (Lipinski definition) is 4. The lowest BCUT2D eigenvalue weighted by Crippen LogP contribution is -2.30. The molecule has 5 heteroatoms. The van der Waals surface area contributed by atoms with Gasteiger partial charge in [-0.25, -0.2) is 4.98 Å². The van der Waals surface area contributed by atoms with E-state index < -0.39 is 0 Å². The van der Waals surface area contributed by atoms with Crippen LogP contribution in [0.4, 0.5) is 0 Å². The highest BCUT2D eigenvalue weighted by atomic mass is 35.5. The molecule has 0 aliphatic carbocycles. The van der Waals surface area contributed by atoms with Crippen molar-refractivity contribution in [3.05, 3.63) is 93.6 Å². The summed E-state index contributed by atoms with van der Waals surface area (Å²) in [5.74, 6) is 0.709. The van der Waals surface area contributed by atoms with Crippen LogP contribution in [0.5, 0.6) is 0 Å². The zero-order valence-corrected chi connectivity index (χ0v) is 17.0. The van der Waals surface area contributed by atoms with E-state index in [9.17, 15) is 5.26 Å². The molecule has 0 unspecified atom stereocenters. The van der Waals surface area contributed by atoms with Gasteiger partial charge in [0.25, 0.3) is 0 Å². The summed E-state index contributed by atoms with van der Waals surface area (Å²) in [5.41, 5.74) is 5.31. The Kier molecular flexibility index (Phi) is 5.97. The fourth-order valence-electron chi connectivity index (χ4n) is 3.44. The Morgan fingerprint density at radius 3 is 2.68 bits per heavy atom. The average Bonchev–Trinajstić information content (AvgIpc) is 2.73. The van der Waals surface area contributed by atoms with Crippen molar-refractivity contribution in [3.8, 4) is 6.07 Å². The molecule has 0 fully saturated rings. The van der Waals surface area contributed by atoms with Crippen molar-refractivity contribution in [1.82, 2.24) is 9.88 Å². The van der Waals surface area contributed by atoms with Gasteiger partial charge in [0.15, 0.2) is 0 Å². The highest BCUT2D eigenvalue weighted by Crippen LogP contribution is 2.30. The summed E-state index contributed by atoms with van der Waals surface area (Å²) in [6.45, 7) is 2.74. The third-order valence-corrected chi connectivity index (χ3v) is 6.32. The van der Waals surface area contributed by atoms with Gasteiger partial charge in [-0.3, -0.25) is 4.90 Å². The zero-order valence-electron chi connectivity index (χ0n) is 15.4. The Labute approximate surface area is 175 Å². The van der Waals surface area contributed by atoms with Gasteiger partial charge in [-0.15, -0.1) is 11.8 Å². The summed E-state index contributed by atoms with van der Waals surface area (Å²) < 4.78 is 0. The molecule has 1 aliphatic rings. The molecule has 2 heterocycles. The van der Waals surface area contributed by atoms with Gasteiger partial charge in [-0.2, -0.15) is 5.26 Å². The number of thioether (sulfide) groups is 1. The highest BCUT2D eigenvalue weighted by molar-refractivity contribution is 7.98. The second-order valence-corrected chi connectivity index (χ2v) is 8.26. The molecule has 140 valence electrons. The fraction of sp³-hybridized carbons (Fsp3) is 0.217. The molecule has 0 radical (unpaired) electrons. The first-order valence-corrected chi connectivity index (χ1v) is 10.6. The first kappa shape index (κ1) is 19.0. The number of fused-ring (bicyclic) bond motifs is 1. The largest absolute Gasteiger partial charge is 0.294 e. The lowest BCUT2D eigenvalue weighted by Gasteiger charge is -2.28. The molecule has 0 bridgehead atoms. The Balaban J connectivity index is 1.50. The van der Waals surface area contributed by atoms with Crippen molar-refractivity contribution in [2.75, 3.05) is 6.54 Å². The fourth-order valence-corrected chi connectivity index (χ4v) is 4.70. The molecule has 0 N–H and O–H groups in total. The van der Waals surface area contributed by atoms with E-state index in [1.54, 1.807) is 11.8 Å². The van der Waals surface area contributed by atoms with E-state index in [1.165, 1.54) is 11.1 Å². The van der Waals surface area contributed by atoms with Gasteiger partial charge in [-0.1, -0.05) is 60.1 Å². The van der Waals surface area contributed by atoms with Crippen molar-refractivity contribution in [1.29, 1.82) is 5.26 Å². The maximum atomic E-state index is 9.63. The normalized spacial score (nSPS) is 13.7. The quantitative estimate of drug-likeness (QED) is 0.528. The van der Waals surface area contributed by atoms with Crippen LogP contribution in [0.25, 0.3) is 0 Å². The van der Waals surface area contributed by atoms with Crippen LogP contribution in [0, 0.1) is 11.3 Å². The molecule has 3 aromatic rings. The van der Waals surface area contributed by atoms with Crippen LogP contribution in [-0.2, 0) is 25.3 Å². The lowest BCUT2D eigenvalue weighted by atomic mass is 10.0. The van der Waals surface area contributed by atoms with E-state index in [0.29, 0.717) is 11.3 Å². The Morgan fingerprint density at radius 2 is 1.89 bits per heavy atom. The molecule has 0 saturated heterocycles. The maximum absolute atomic E-state index is 9.63. The monoisotopic (exact) mass is 405 g/mol. The van der Waals surface area contributed by atoms with Crippen LogP contribution in [0.1, 0.15) is 27.9 Å². The van der Waals surface area contributed by atoms with E-state index >= 15 is 0 Å². The Bertz CT molecular complexity index is 1010. The molecule has 1 aromatic heterocycles. The van der Waals surface area contributed by atoms with Gasteiger partial charge < -0.3 is 0 Å². The Morgan fingerprint density at radius 1 is 1.11 bits per heavy atom. The van der Waals surface area contributed by atoms with E-state index in [4.69, 9.17) is 16.6 Å². The summed E-state index contributed by atoms with van der Waals surface area (Å²) in [6, 6.07) is 22.7. The third kappa shape index (κ3) is 4.39. The van der Waals surface area contributed by atoms with Gasteiger partial charge in [-0.05, 0) is 28.8 Å². The minimum Gasteiger partial charge on any atom is -0.294 e. The zero-order chi connectivity index (χ0) is 19.3. The number of halogens is 1. The first-order valence-electron chi connectivity index (χ1n) is 9.28. The van der Waals surface area contributed by atoms with E-state index in [0.717, 1.165) is 47.4 Å². The van der Waals surface area contributed by atoms with E-state index in [1.807, 2.05) is 36.4 Å².